The van der Waals surface area contributed by atoms with E-state index in [-0.39, 0.29) is 82.6 Å². The molecule has 10 rings (SSSR count). The summed E-state index contributed by atoms with van der Waals surface area (Å²) in [6.45, 7) is 38.5. The molecule has 0 aliphatic carbocycles. The Kier molecular flexibility index (Phi) is 41.8. The quantitative estimate of drug-likeness (QED) is 0.0158. The zero-order valence-electron chi connectivity index (χ0n) is 75.3. The van der Waals surface area contributed by atoms with Crippen LogP contribution >= 0.6 is 0 Å². The molecule has 0 saturated carbocycles. The number of nitrogen functional groups attached to an aromatic ring is 1. The molecular weight excluding hydrogens is 1610 g/mol. The number of ether oxygens (including phenoxy) is 4. The third kappa shape index (κ3) is 35.0. The average Bonchev–Trinajstić information content (AvgIpc) is 1.80. The Balaban J connectivity index is 0.000000370. The molecule has 0 saturated heterocycles. The van der Waals surface area contributed by atoms with Crippen molar-refractivity contribution >= 4 is 130 Å². The van der Waals surface area contributed by atoms with Crippen molar-refractivity contribution in [2.45, 2.75) is 253 Å². The molecule has 127 heavy (non-hydrogen) atoms. The lowest BCUT2D eigenvalue weighted by Gasteiger charge is -2.23. The highest BCUT2D eigenvalue weighted by Crippen LogP contribution is 2.34. The van der Waals surface area contributed by atoms with Crippen molar-refractivity contribution in [3.8, 4) is 0 Å². The molecule has 0 atom stereocenters. The molecule has 10 N–H and O–H groups in total. The number of hydrogen-bond donors (Lipinski definition) is 8. The van der Waals surface area contributed by atoms with Gasteiger partial charge in [0, 0.05) is 133 Å². The lowest BCUT2D eigenvalue weighted by Crippen LogP contribution is -2.38. The summed E-state index contributed by atoms with van der Waals surface area (Å²) in [6, 6.07) is 38.4. The van der Waals surface area contributed by atoms with E-state index >= 15 is 0 Å². The zero-order chi connectivity index (χ0) is 91.2. The Labute approximate surface area is 752 Å². The summed E-state index contributed by atoms with van der Waals surface area (Å²) in [5.74, 6) is -0.146. The van der Waals surface area contributed by atoms with Gasteiger partial charge in [0.25, 0.3) is 5.91 Å². The van der Waals surface area contributed by atoms with Gasteiger partial charge in [0.15, 0.2) is 0 Å². The lowest BCUT2D eigenvalue weighted by molar-refractivity contribution is -0.154. The number of amides is 7. The van der Waals surface area contributed by atoms with Crippen LogP contribution in [0.2, 0.25) is 0 Å². The van der Waals surface area contributed by atoms with E-state index in [0.29, 0.717) is 114 Å². The van der Waals surface area contributed by atoms with Gasteiger partial charge in [-0.1, -0.05) is 143 Å². The summed E-state index contributed by atoms with van der Waals surface area (Å²) in [5, 5.41) is 23.7. The second-order valence-corrected chi connectivity index (χ2v) is 34.2. The Morgan fingerprint density at radius 3 is 1.33 bits per heavy atom. The molecule has 0 fully saturated rings. The van der Waals surface area contributed by atoms with E-state index in [1.54, 1.807) is 127 Å². The van der Waals surface area contributed by atoms with Crippen LogP contribution in [0.5, 0.6) is 0 Å². The van der Waals surface area contributed by atoms with E-state index in [1.165, 1.54) is 17.7 Å². The summed E-state index contributed by atoms with van der Waals surface area (Å²) in [5.41, 5.74) is 21.4. The highest BCUT2D eigenvalue weighted by atomic mass is 16.6. The van der Waals surface area contributed by atoms with Crippen LogP contribution in [0, 0.1) is 0 Å². The summed E-state index contributed by atoms with van der Waals surface area (Å²) >= 11 is 0. The summed E-state index contributed by atoms with van der Waals surface area (Å²) in [7, 11) is 0. The first-order valence-electron chi connectivity index (χ1n) is 42.5. The highest BCUT2D eigenvalue weighted by molar-refractivity contribution is 6.13. The largest absolute Gasteiger partial charge is 0.478 e. The Hall–Kier alpha value is -12.8. The van der Waals surface area contributed by atoms with Crippen LogP contribution in [0.15, 0.2) is 164 Å². The van der Waals surface area contributed by atoms with E-state index in [4.69, 9.17) is 30.4 Å². The van der Waals surface area contributed by atoms with Crippen LogP contribution in [-0.2, 0) is 57.6 Å². The number of aliphatic imine (C=N–C) groups is 4. The number of fused-ring (bicyclic) bond motifs is 4. The number of carboxylic acids is 1. The highest BCUT2D eigenvalue weighted by Gasteiger charge is 2.30. The predicted octanol–water partition coefficient (Wildman–Crippen LogP) is 20.3. The molecule has 688 valence electrons. The van der Waals surface area contributed by atoms with Gasteiger partial charge < -0.3 is 66.2 Å². The third-order valence-electron chi connectivity index (χ3n) is 18.5. The first-order chi connectivity index (χ1) is 58.6. The molecule has 0 unspecified atom stereocenters. The molecule has 4 aliphatic rings. The number of para-hydroxylation sites is 3. The summed E-state index contributed by atoms with van der Waals surface area (Å²) in [6.07, 6.45) is 10.2. The van der Waals surface area contributed by atoms with Crippen LogP contribution in [0.3, 0.4) is 0 Å². The number of hydrogen-bond acceptors (Lipinski definition) is 20. The van der Waals surface area contributed by atoms with Gasteiger partial charge in [0.2, 0.25) is 17.7 Å². The number of nitrogens with one attached hydrogen (secondary N) is 5. The van der Waals surface area contributed by atoms with Gasteiger partial charge in [0.05, 0.1) is 29.2 Å². The molecule has 0 radical (unpaired) electrons. The number of aromatic carboxylic acids is 1. The van der Waals surface area contributed by atoms with E-state index in [1.807, 2.05) is 120 Å². The topological polar surface area (TPSA) is 382 Å². The van der Waals surface area contributed by atoms with E-state index in [9.17, 15) is 48.3 Å². The van der Waals surface area contributed by atoms with Gasteiger partial charge >= 0.3 is 30.2 Å². The molecule has 28 heteroatoms. The standard InChI is InChI=1S/C35H47N5O6.C25H29N5O.C23H31N3O5.C13H19NO2.3CH4/c1-9-17-40(18-10-2)31(42)26-19-23-15-16-24(20-28(23)37-29(21-26)39-33(44)46-35(6,7)8)30(41)38-27-14-12-11-13-25(27)22-36-32(43)45-34(3,4)5;1-3-11-30(12-4-2)25(31)20-13-17-9-10-18(14-22(17)28-23(26)15-20)24-27-16-19-7-5-6-8-21(19)29-24;1-6-10-26(11-7-2)20(27)17-12-15-8-9-16(21(28)29)13-18(15)24-19(14-17)25-22(30)31-23(3,4)5;1-13(2,3)16-12(15)9-8-10-6-4-5-7-11(10)14;;;/h11-16,19-20H,9-10,17-18,21-22H2,1-8H3,(H,36,43)(H,38,41)(H,37,39,44);5-10,13-14H,3-4,11-12,15-16H2,1-2H3,(H2,26,28)(H,27,29);8-9,12-13H,6-7,10-11,14H2,1-5H3,(H,28,29)(H,24,25,30);4-7H,8-9,14H2,1-3H3;3*1H4. The lowest BCUT2D eigenvalue weighted by atomic mass is 10.0. The van der Waals surface area contributed by atoms with Crippen molar-refractivity contribution in [1.29, 1.82) is 0 Å². The van der Waals surface area contributed by atoms with Crippen molar-refractivity contribution in [2.24, 2.45) is 25.7 Å². The number of rotatable bonds is 24. The third-order valence-corrected chi connectivity index (χ3v) is 18.5. The molecule has 0 spiro atoms. The van der Waals surface area contributed by atoms with Gasteiger partial charge in [-0.05, 0) is 211 Å². The van der Waals surface area contributed by atoms with E-state index in [0.717, 1.165) is 91.2 Å². The first-order valence-corrected chi connectivity index (χ1v) is 42.5. The van der Waals surface area contributed by atoms with Gasteiger partial charge in [-0.15, -0.1) is 0 Å². The SMILES string of the molecule is C.C.C.CC(C)(C)OC(=O)CCc1ccccc1N.CCCN(CCC)C(=O)C1=Cc2ccc(C(=O)Nc3ccccc3CNC(=O)OC(C)(C)C)cc2N=C(NC(=O)OC(C)(C)C)C1.CCCN(CCC)C(=O)C1=Cc2ccc(C(=O)O)cc2N=C(NC(=O)OC(C)(C)C)C1.CCCN(CCC)C(=O)C1=Cc2ccc(C3=NCc4ccccc4N3)cc2N=C(N)C1. The van der Waals surface area contributed by atoms with Crippen molar-refractivity contribution in [3.05, 3.63) is 194 Å². The number of amidine groups is 4. The fourth-order valence-electron chi connectivity index (χ4n) is 13.3. The second-order valence-electron chi connectivity index (χ2n) is 34.2. The van der Waals surface area contributed by atoms with E-state index < -0.39 is 52.6 Å². The number of alkyl carbamates (subject to hydrolysis) is 3. The van der Waals surface area contributed by atoms with Crippen LogP contribution in [-0.4, -0.2) is 159 Å². The maximum Gasteiger partial charge on any atom is 0.413 e. The maximum atomic E-state index is 13.6. The molecule has 6 aromatic carbocycles. The number of benzene rings is 6. The number of nitrogens with two attached hydrogens (primary N) is 2. The minimum absolute atomic E-state index is 0. The normalized spacial score (nSPS) is 12.9. The molecule has 4 heterocycles. The van der Waals surface area contributed by atoms with Gasteiger partial charge in [-0.3, -0.25) is 39.6 Å². The smallest absolute Gasteiger partial charge is 0.413 e. The minimum atomic E-state index is -1.08. The zero-order valence-corrected chi connectivity index (χ0v) is 75.3. The van der Waals surface area contributed by atoms with Crippen LogP contribution < -0.4 is 38.1 Å². The molecular formula is C99H138N14O14. The Morgan fingerprint density at radius 2 is 0.866 bits per heavy atom. The van der Waals surface area contributed by atoms with Gasteiger partial charge in [-0.25, -0.2) is 34.2 Å². The molecule has 7 amide bonds. The van der Waals surface area contributed by atoms with Crippen molar-refractivity contribution in [3.63, 3.8) is 0 Å². The minimum Gasteiger partial charge on any atom is -0.478 e. The number of aryl methyl sites for hydroxylation is 1. The number of carbonyl (C=O) groups excluding carboxylic acids is 8. The summed E-state index contributed by atoms with van der Waals surface area (Å²) < 4.78 is 21.3. The van der Waals surface area contributed by atoms with Crippen LogP contribution in [0.25, 0.3) is 18.2 Å². The molecule has 6 aromatic rings. The Bertz CT molecular complexity index is 5030. The monoisotopic (exact) mass is 1750 g/mol. The number of anilines is 3. The second kappa shape index (κ2) is 49.8. The summed E-state index contributed by atoms with van der Waals surface area (Å²) in [4.78, 5) is 137. The van der Waals surface area contributed by atoms with Crippen LogP contribution in [0.4, 0.5) is 48.5 Å². The fraction of sp³-hybridized carbons (Fsp3) is 0.444. The number of nitrogens with zero attached hydrogens (tertiary/aromatic N) is 7. The van der Waals surface area contributed by atoms with E-state index in [2.05, 4.69) is 72.5 Å². The van der Waals surface area contributed by atoms with Crippen LogP contribution in [0.1, 0.15) is 271 Å². The predicted molar refractivity (Wildman–Crippen MR) is 513 cm³/mol. The molecule has 4 aliphatic heterocycles. The van der Waals surface area contributed by atoms with Crippen molar-refractivity contribution in [1.82, 2.24) is 30.7 Å². The Morgan fingerprint density at radius 1 is 0.457 bits per heavy atom. The fourth-order valence-corrected chi connectivity index (χ4v) is 13.3. The van der Waals surface area contributed by atoms with Gasteiger partial charge in [0.1, 0.15) is 45.7 Å². The molecule has 0 aromatic heterocycles. The molecule has 28 nitrogen and oxygen atoms in total. The number of esters is 1. The average molecular weight is 1750 g/mol. The maximum absolute atomic E-state index is 13.6. The number of carbonyl (C=O) groups is 9. The van der Waals surface area contributed by atoms with Crippen molar-refractivity contribution < 1.29 is 67.2 Å². The molecule has 0 bridgehead atoms. The number of carboxylic acid groups (broad SMARTS) is 1. The van der Waals surface area contributed by atoms with Crippen molar-refractivity contribution in [2.75, 3.05) is 55.6 Å². The van der Waals surface area contributed by atoms with Gasteiger partial charge in [-0.2, -0.15) is 0 Å². The first kappa shape index (κ1) is 107.